The minimum atomic E-state index is -3.74. The van der Waals surface area contributed by atoms with E-state index in [1.165, 1.54) is 0 Å². The van der Waals surface area contributed by atoms with Gasteiger partial charge < -0.3 is 5.32 Å². The molecule has 0 fully saturated rings. The first-order valence-electron chi connectivity index (χ1n) is 13.5. The molecule has 41 heavy (non-hydrogen) atoms. The average Bonchev–Trinajstić information content (AvgIpc) is 2.95. The molecule has 1 aromatic heterocycles. The summed E-state index contributed by atoms with van der Waals surface area (Å²) in [5, 5.41) is 5.21. The van der Waals surface area contributed by atoms with E-state index in [0.717, 1.165) is 27.5 Å². The largest absolute Gasteiger partial charge is 0.326 e. The average molecular weight is 564 g/mol. The summed E-state index contributed by atoms with van der Waals surface area (Å²) in [6, 6.07) is 32.1. The van der Waals surface area contributed by atoms with Crippen LogP contribution < -0.4 is 10.0 Å². The van der Waals surface area contributed by atoms with Crippen LogP contribution in [0, 0.1) is 0 Å². The summed E-state index contributed by atoms with van der Waals surface area (Å²) in [5.41, 5.74) is 3.33. The molecule has 5 rings (SSSR count). The van der Waals surface area contributed by atoms with Crippen LogP contribution in [0.25, 0.3) is 21.9 Å². The summed E-state index contributed by atoms with van der Waals surface area (Å²) in [4.78, 5) is 18.1. The molecule has 1 amide bonds. The van der Waals surface area contributed by atoms with Gasteiger partial charge in [0.2, 0.25) is 15.9 Å². The van der Waals surface area contributed by atoms with Crippen LogP contribution in [0.3, 0.4) is 0 Å². The first-order chi connectivity index (χ1) is 19.6. The highest BCUT2D eigenvalue weighted by molar-refractivity contribution is 7.89. The monoisotopic (exact) mass is 563 g/mol. The van der Waals surface area contributed by atoms with Crippen molar-refractivity contribution in [3.63, 3.8) is 0 Å². The van der Waals surface area contributed by atoms with Crippen LogP contribution in [0.5, 0.6) is 0 Å². The molecule has 6 nitrogen and oxygen atoms in total. The molecule has 0 spiro atoms. The molecule has 0 aliphatic rings. The van der Waals surface area contributed by atoms with Gasteiger partial charge in [0.25, 0.3) is 0 Å². The third-order valence-electron chi connectivity index (χ3n) is 6.74. The van der Waals surface area contributed by atoms with Crippen molar-refractivity contribution in [2.24, 2.45) is 0 Å². The normalized spacial score (nSPS) is 12.7. The number of anilines is 1. The number of hydrogen-bond donors (Lipinski definition) is 2. The van der Waals surface area contributed by atoms with E-state index >= 15 is 0 Å². The molecule has 208 valence electrons. The Balaban J connectivity index is 1.39. The maximum atomic E-state index is 13.6. The lowest BCUT2D eigenvalue weighted by atomic mass is 9.90. The lowest BCUT2D eigenvalue weighted by molar-refractivity contribution is -0.117. The van der Waals surface area contributed by atoms with Crippen LogP contribution in [0.4, 0.5) is 5.69 Å². The number of carbonyl (C=O) groups excluding carboxylic acids is 1. The van der Waals surface area contributed by atoms with Crippen molar-refractivity contribution in [1.82, 2.24) is 9.71 Å². The zero-order chi connectivity index (χ0) is 29.0. The van der Waals surface area contributed by atoms with E-state index in [2.05, 4.69) is 33.2 Å². The Labute approximate surface area is 241 Å². The lowest BCUT2D eigenvalue weighted by Crippen LogP contribution is -2.40. The quantitative estimate of drug-likeness (QED) is 0.214. The number of benzene rings is 4. The van der Waals surface area contributed by atoms with Gasteiger partial charge in [-0.3, -0.25) is 9.78 Å². The molecule has 1 unspecified atom stereocenters. The Bertz CT molecular complexity index is 1780. The van der Waals surface area contributed by atoms with E-state index in [1.54, 1.807) is 36.5 Å². The highest BCUT2D eigenvalue weighted by Crippen LogP contribution is 2.30. The van der Waals surface area contributed by atoms with Crippen LogP contribution >= 0.6 is 0 Å². The molecule has 2 N–H and O–H groups in total. The summed E-state index contributed by atoms with van der Waals surface area (Å²) in [6.07, 6.45) is 4.14. The van der Waals surface area contributed by atoms with Crippen molar-refractivity contribution in [1.29, 1.82) is 0 Å². The Morgan fingerprint density at radius 2 is 1.54 bits per heavy atom. The van der Waals surface area contributed by atoms with Crippen molar-refractivity contribution < 1.29 is 13.2 Å². The van der Waals surface area contributed by atoms with Gasteiger partial charge in [-0.2, -0.15) is 0 Å². The minimum Gasteiger partial charge on any atom is -0.326 e. The number of nitrogens with one attached hydrogen (secondary N) is 2. The maximum Gasteiger partial charge on any atom is 0.241 e. The number of rotatable bonds is 8. The molecule has 4 aromatic carbocycles. The first-order valence-corrected chi connectivity index (χ1v) is 15.0. The highest BCUT2D eigenvalue weighted by atomic mass is 32.2. The van der Waals surface area contributed by atoms with Crippen molar-refractivity contribution >= 4 is 32.4 Å². The Morgan fingerprint density at radius 3 is 2.27 bits per heavy atom. The van der Waals surface area contributed by atoms with Gasteiger partial charge in [-0.05, 0) is 79.6 Å². The van der Waals surface area contributed by atoms with Gasteiger partial charge in [-0.1, -0.05) is 72.8 Å². The van der Waals surface area contributed by atoms with Gasteiger partial charge in [0.05, 0.1) is 10.8 Å². The van der Waals surface area contributed by atoms with Crippen molar-refractivity contribution in [2.45, 2.75) is 43.5 Å². The van der Waals surface area contributed by atoms with Crippen molar-refractivity contribution in [3.8, 4) is 11.1 Å². The van der Waals surface area contributed by atoms with Gasteiger partial charge in [0.15, 0.2) is 0 Å². The zero-order valence-corrected chi connectivity index (χ0v) is 24.2. The lowest BCUT2D eigenvalue weighted by Gasteiger charge is -2.21. The number of nitrogens with zero attached hydrogens (tertiary/aromatic N) is 1. The molecular weight excluding hydrogens is 530 g/mol. The van der Waals surface area contributed by atoms with Crippen molar-refractivity contribution in [2.75, 3.05) is 5.32 Å². The first kappa shape index (κ1) is 28.2. The van der Waals surface area contributed by atoms with Gasteiger partial charge in [-0.25, -0.2) is 13.1 Å². The molecule has 7 heteroatoms. The van der Waals surface area contributed by atoms with Gasteiger partial charge >= 0.3 is 0 Å². The van der Waals surface area contributed by atoms with E-state index in [-0.39, 0.29) is 10.8 Å². The predicted octanol–water partition coefficient (Wildman–Crippen LogP) is 6.94. The number of amides is 1. The SMILES string of the molecule is CC(C)(C)NS(=O)(=O)c1ccccc1-c1ccc(NC(=O)C(Cc2ccc3ccncc3c2)c2ccccc2)cc1. The van der Waals surface area contributed by atoms with Crippen LogP contribution in [0.1, 0.15) is 37.8 Å². The second-order valence-electron chi connectivity index (χ2n) is 11.1. The van der Waals surface area contributed by atoms with E-state index in [1.807, 2.05) is 81.6 Å². The van der Waals surface area contributed by atoms with E-state index in [9.17, 15) is 13.2 Å². The second-order valence-corrected chi connectivity index (χ2v) is 12.8. The number of carbonyl (C=O) groups is 1. The zero-order valence-electron chi connectivity index (χ0n) is 23.3. The van der Waals surface area contributed by atoms with Gasteiger partial charge in [-0.15, -0.1) is 0 Å². The number of fused-ring (bicyclic) bond motifs is 1. The molecule has 0 saturated carbocycles. The fourth-order valence-electron chi connectivity index (χ4n) is 4.90. The molecule has 0 aliphatic carbocycles. The molecule has 0 aliphatic heterocycles. The second kappa shape index (κ2) is 11.6. The van der Waals surface area contributed by atoms with E-state index in [0.29, 0.717) is 17.7 Å². The summed E-state index contributed by atoms with van der Waals surface area (Å²) >= 11 is 0. The van der Waals surface area contributed by atoms with Gasteiger partial charge in [0.1, 0.15) is 0 Å². The molecule has 1 atom stereocenters. The third kappa shape index (κ3) is 6.88. The summed E-state index contributed by atoms with van der Waals surface area (Å²) in [7, 11) is -3.74. The van der Waals surface area contributed by atoms with Crippen LogP contribution in [-0.4, -0.2) is 24.8 Å². The Morgan fingerprint density at radius 1 is 0.829 bits per heavy atom. The van der Waals surface area contributed by atoms with Gasteiger partial charge in [0, 0.05) is 34.6 Å². The smallest absolute Gasteiger partial charge is 0.241 e. The maximum absolute atomic E-state index is 13.6. The number of aromatic nitrogens is 1. The fourth-order valence-corrected chi connectivity index (χ4v) is 6.55. The van der Waals surface area contributed by atoms with Crippen LogP contribution in [-0.2, 0) is 21.2 Å². The van der Waals surface area contributed by atoms with E-state index < -0.39 is 21.5 Å². The molecule has 0 bridgehead atoms. The summed E-state index contributed by atoms with van der Waals surface area (Å²) < 4.78 is 29.0. The number of pyridine rings is 1. The summed E-state index contributed by atoms with van der Waals surface area (Å²) in [6.45, 7) is 5.43. The molecule has 0 radical (unpaired) electrons. The Kier molecular flexibility index (Phi) is 8.01. The molecule has 0 saturated heterocycles. The molecule has 1 heterocycles. The predicted molar refractivity (Wildman–Crippen MR) is 165 cm³/mol. The van der Waals surface area contributed by atoms with E-state index in [4.69, 9.17) is 0 Å². The van der Waals surface area contributed by atoms with Crippen LogP contribution in [0.15, 0.2) is 120 Å². The molecular formula is C34H33N3O3S. The standard InChI is InChI=1S/C34H33N3O3S/c1-34(2,3)37-41(39,40)32-12-8-7-11-30(32)27-15-17-29(18-16-27)36-33(38)31(26-9-5-4-6-10-26)22-24-13-14-25-19-20-35-23-28(25)21-24/h4-21,23,31,37H,22H2,1-3H3,(H,36,38). The fraction of sp³-hybridized carbons (Fsp3) is 0.176. The number of sulfonamides is 1. The minimum absolute atomic E-state index is 0.118. The van der Waals surface area contributed by atoms with Crippen molar-refractivity contribution in [3.05, 3.63) is 127 Å². The molecule has 5 aromatic rings. The third-order valence-corrected chi connectivity index (χ3v) is 8.56. The van der Waals surface area contributed by atoms with Crippen LogP contribution in [0.2, 0.25) is 0 Å². The Hall–Kier alpha value is -4.33. The number of hydrogen-bond acceptors (Lipinski definition) is 4. The highest BCUT2D eigenvalue weighted by Gasteiger charge is 2.25. The summed E-state index contributed by atoms with van der Waals surface area (Å²) in [5.74, 6) is -0.521. The topological polar surface area (TPSA) is 88.2 Å².